The van der Waals surface area contributed by atoms with E-state index < -0.39 is 0 Å². The SMILES string of the molecule is Cc1ccccc1CCNc1nc(Nc2ccc3[nH]cc(C4=CCNCC4)c3c2)ncc1Br. The fraction of sp³-hybridized carbons (Fsp3) is 0.231. The van der Waals surface area contributed by atoms with E-state index in [-0.39, 0.29) is 0 Å². The number of anilines is 3. The third-order valence-electron chi connectivity index (χ3n) is 6.04. The van der Waals surface area contributed by atoms with Crippen LogP contribution in [0.4, 0.5) is 17.5 Å². The molecule has 2 aromatic heterocycles. The van der Waals surface area contributed by atoms with E-state index in [1.807, 2.05) is 0 Å². The van der Waals surface area contributed by atoms with Gasteiger partial charge in [0.2, 0.25) is 5.95 Å². The monoisotopic (exact) mass is 502 g/mol. The first kappa shape index (κ1) is 21.7. The Morgan fingerprint density at radius 2 is 2.06 bits per heavy atom. The Hall–Kier alpha value is -3.16. The molecule has 0 fully saturated rings. The Morgan fingerprint density at radius 1 is 1.15 bits per heavy atom. The van der Waals surface area contributed by atoms with Gasteiger partial charge in [-0.15, -0.1) is 0 Å². The first-order valence-electron chi connectivity index (χ1n) is 11.3. The Bertz CT molecular complexity index is 1310. The summed E-state index contributed by atoms with van der Waals surface area (Å²) in [5.41, 5.74) is 7.40. The summed E-state index contributed by atoms with van der Waals surface area (Å²) in [6, 6.07) is 14.8. The van der Waals surface area contributed by atoms with Crippen molar-refractivity contribution in [3.05, 3.63) is 82.1 Å². The van der Waals surface area contributed by atoms with E-state index in [9.17, 15) is 0 Å². The van der Waals surface area contributed by atoms with Crippen molar-refractivity contribution in [1.82, 2.24) is 20.3 Å². The molecule has 168 valence electrons. The normalized spacial score (nSPS) is 13.7. The average Bonchev–Trinajstić information content (AvgIpc) is 3.26. The number of nitrogens with one attached hydrogen (secondary N) is 4. The maximum Gasteiger partial charge on any atom is 0.229 e. The van der Waals surface area contributed by atoms with Crippen LogP contribution < -0.4 is 16.0 Å². The van der Waals surface area contributed by atoms with Crippen LogP contribution in [0.1, 0.15) is 23.1 Å². The smallest absolute Gasteiger partial charge is 0.229 e. The molecular formula is C26H27BrN6. The van der Waals surface area contributed by atoms with E-state index in [1.165, 1.54) is 27.6 Å². The van der Waals surface area contributed by atoms with Crippen molar-refractivity contribution >= 4 is 49.9 Å². The molecule has 0 atom stereocenters. The number of hydrogen-bond donors (Lipinski definition) is 4. The van der Waals surface area contributed by atoms with Crippen LogP contribution in [0.15, 0.2) is 65.4 Å². The fourth-order valence-corrected chi connectivity index (χ4v) is 4.55. The van der Waals surface area contributed by atoms with Gasteiger partial charge in [0.1, 0.15) is 5.82 Å². The average molecular weight is 503 g/mol. The van der Waals surface area contributed by atoms with E-state index in [4.69, 9.17) is 4.98 Å². The van der Waals surface area contributed by atoms with E-state index in [0.717, 1.165) is 54.0 Å². The van der Waals surface area contributed by atoms with Crippen molar-refractivity contribution in [2.24, 2.45) is 0 Å². The molecule has 0 saturated heterocycles. The number of halogens is 1. The van der Waals surface area contributed by atoms with Crippen LogP contribution in [-0.4, -0.2) is 34.6 Å². The predicted octanol–water partition coefficient (Wildman–Crippen LogP) is 5.80. The molecule has 4 aromatic rings. The Morgan fingerprint density at radius 3 is 2.91 bits per heavy atom. The van der Waals surface area contributed by atoms with Crippen molar-refractivity contribution in [3.63, 3.8) is 0 Å². The Balaban J connectivity index is 1.32. The Kier molecular flexibility index (Phi) is 6.41. The van der Waals surface area contributed by atoms with Gasteiger partial charge in [-0.2, -0.15) is 4.98 Å². The molecule has 2 aromatic carbocycles. The topological polar surface area (TPSA) is 77.7 Å². The van der Waals surface area contributed by atoms with Crippen LogP contribution in [0.2, 0.25) is 0 Å². The van der Waals surface area contributed by atoms with Gasteiger partial charge in [-0.05, 0) is 77.1 Å². The second-order valence-corrected chi connectivity index (χ2v) is 9.12. The minimum atomic E-state index is 0.564. The molecule has 0 spiro atoms. The number of benzene rings is 2. The standard InChI is InChI=1S/C26H27BrN6/c1-17-4-2-3-5-18(17)10-13-29-25-23(27)16-31-26(33-25)32-20-6-7-24-21(14-20)22(15-30-24)19-8-11-28-12-9-19/h2-8,14-16,28,30H,9-13H2,1H3,(H2,29,31,32,33). The van der Waals surface area contributed by atoms with Gasteiger partial charge in [0.25, 0.3) is 0 Å². The van der Waals surface area contributed by atoms with Gasteiger partial charge < -0.3 is 20.9 Å². The predicted molar refractivity (Wildman–Crippen MR) is 140 cm³/mol. The number of nitrogens with zero attached hydrogens (tertiary/aromatic N) is 2. The zero-order valence-corrected chi connectivity index (χ0v) is 20.2. The highest BCUT2D eigenvalue weighted by Crippen LogP contribution is 2.31. The van der Waals surface area contributed by atoms with Crippen LogP contribution >= 0.6 is 15.9 Å². The second-order valence-electron chi connectivity index (χ2n) is 8.26. The minimum Gasteiger partial charge on any atom is -0.369 e. The van der Waals surface area contributed by atoms with E-state index in [0.29, 0.717) is 5.95 Å². The number of aromatic nitrogens is 3. The summed E-state index contributed by atoms with van der Waals surface area (Å²) in [5, 5.41) is 11.4. The molecule has 0 radical (unpaired) electrons. The molecule has 3 heterocycles. The summed E-state index contributed by atoms with van der Waals surface area (Å²) in [7, 11) is 0. The molecule has 1 aliphatic rings. The van der Waals surface area contributed by atoms with Gasteiger partial charge in [-0.25, -0.2) is 4.98 Å². The zero-order chi connectivity index (χ0) is 22.6. The number of aromatic amines is 1. The third-order valence-corrected chi connectivity index (χ3v) is 6.62. The molecule has 7 heteroatoms. The summed E-state index contributed by atoms with van der Waals surface area (Å²) >= 11 is 3.57. The van der Waals surface area contributed by atoms with Gasteiger partial charge in [-0.1, -0.05) is 30.3 Å². The number of fused-ring (bicyclic) bond motifs is 1. The van der Waals surface area contributed by atoms with Gasteiger partial charge in [0, 0.05) is 47.6 Å². The van der Waals surface area contributed by atoms with Crippen LogP contribution in [-0.2, 0) is 6.42 Å². The van der Waals surface area contributed by atoms with Crippen LogP contribution in [0.25, 0.3) is 16.5 Å². The van der Waals surface area contributed by atoms with Crippen molar-refractivity contribution in [2.75, 3.05) is 30.3 Å². The van der Waals surface area contributed by atoms with Crippen LogP contribution in [0.3, 0.4) is 0 Å². The molecular weight excluding hydrogens is 476 g/mol. The molecule has 4 N–H and O–H groups in total. The van der Waals surface area contributed by atoms with Crippen molar-refractivity contribution in [1.29, 1.82) is 0 Å². The largest absolute Gasteiger partial charge is 0.369 e. The van der Waals surface area contributed by atoms with E-state index >= 15 is 0 Å². The molecule has 1 aliphatic heterocycles. The van der Waals surface area contributed by atoms with Crippen molar-refractivity contribution < 1.29 is 0 Å². The first-order valence-corrected chi connectivity index (χ1v) is 12.1. The second kappa shape index (κ2) is 9.77. The molecule has 5 rings (SSSR count). The summed E-state index contributed by atoms with van der Waals surface area (Å²) in [6.45, 7) is 4.88. The summed E-state index contributed by atoms with van der Waals surface area (Å²) < 4.78 is 0.846. The molecule has 0 bridgehead atoms. The summed E-state index contributed by atoms with van der Waals surface area (Å²) in [5.74, 6) is 1.35. The Labute approximate surface area is 202 Å². The van der Waals surface area contributed by atoms with Crippen LogP contribution in [0.5, 0.6) is 0 Å². The summed E-state index contributed by atoms with van der Waals surface area (Å²) in [4.78, 5) is 12.5. The summed E-state index contributed by atoms with van der Waals surface area (Å²) in [6.07, 6.45) is 8.14. The number of H-pyrrole nitrogens is 1. The fourth-order valence-electron chi connectivity index (χ4n) is 4.22. The molecule has 0 amide bonds. The molecule has 6 nitrogen and oxygen atoms in total. The lowest BCUT2D eigenvalue weighted by atomic mass is 9.99. The first-order chi connectivity index (χ1) is 16.2. The molecule has 0 saturated carbocycles. The van der Waals surface area contributed by atoms with E-state index in [1.54, 1.807) is 6.20 Å². The van der Waals surface area contributed by atoms with Gasteiger partial charge in [0.05, 0.1) is 4.47 Å². The van der Waals surface area contributed by atoms with Crippen molar-refractivity contribution in [3.8, 4) is 0 Å². The number of aryl methyl sites for hydroxylation is 1. The lowest BCUT2D eigenvalue weighted by Crippen LogP contribution is -2.19. The van der Waals surface area contributed by atoms with Gasteiger partial charge >= 0.3 is 0 Å². The number of rotatable bonds is 7. The lowest BCUT2D eigenvalue weighted by Gasteiger charge is -2.14. The van der Waals surface area contributed by atoms with E-state index in [2.05, 4.69) is 104 Å². The van der Waals surface area contributed by atoms with Crippen LogP contribution in [0, 0.1) is 6.92 Å². The lowest BCUT2D eigenvalue weighted by molar-refractivity contribution is 0.739. The highest BCUT2D eigenvalue weighted by Gasteiger charge is 2.12. The molecule has 0 unspecified atom stereocenters. The maximum atomic E-state index is 4.69. The highest BCUT2D eigenvalue weighted by molar-refractivity contribution is 9.10. The number of hydrogen-bond acceptors (Lipinski definition) is 5. The maximum absolute atomic E-state index is 4.69. The molecule has 33 heavy (non-hydrogen) atoms. The third kappa shape index (κ3) is 4.94. The molecule has 0 aliphatic carbocycles. The quantitative estimate of drug-likeness (QED) is 0.256. The zero-order valence-electron chi connectivity index (χ0n) is 18.6. The minimum absolute atomic E-state index is 0.564. The highest BCUT2D eigenvalue weighted by atomic mass is 79.9. The van der Waals surface area contributed by atoms with Gasteiger partial charge in [0.15, 0.2) is 0 Å². The van der Waals surface area contributed by atoms with Gasteiger partial charge in [-0.3, -0.25) is 0 Å². The van der Waals surface area contributed by atoms with Crippen molar-refractivity contribution in [2.45, 2.75) is 19.8 Å².